The summed E-state index contributed by atoms with van der Waals surface area (Å²) in [6.07, 6.45) is 5.21. The lowest BCUT2D eigenvalue weighted by molar-refractivity contribution is 0.745. The zero-order chi connectivity index (χ0) is 10.7. The fourth-order valence-electron chi connectivity index (χ4n) is 1.96. The predicted octanol–water partition coefficient (Wildman–Crippen LogP) is 1.85. The van der Waals surface area contributed by atoms with E-state index in [0.29, 0.717) is 0 Å². The molecule has 1 aromatic heterocycles. The third kappa shape index (κ3) is 2.02. The van der Waals surface area contributed by atoms with E-state index in [1.807, 2.05) is 13.4 Å². The predicted molar refractivity (Wildman–Crippen MR) is 62.7 cm³/mol. The summed E-state index contributed by atoms with van der Waals surface area (Å²) >= 11 is 0. The van der Waals surface area contributed by atoms with Gasteiger partial charge in [0.15, 0.2) is 0 Å². The summed E-state index contributed by atoms with van der Waals surface area (Å²) in [6.45, 7) is 0.779. The highest BCUT2D eigenvalue weighted by atomic mass is 15.0. The Morgan fingerprint density at radius 2 is 2.20 bits per heavy atom. The number of fused-ring (bicyclic) bond motifs is 1. The fraction of sp³-hybridized carbons (Fsp3) is 0.417. The van der Waals surface area contributed by atoms with Gasteiger partial charge in [-0.3, -0.25) is 0 Å². The molecule has 0 saturated heterocycles. The van der Waals surface area contributed by atoms with Gasteiger partial charge in [0.25, 0.3) is 0 Å². The topological polar surface area (TPSA) is 43.8 Å². The normalized spacial score (nSPS) is 11.1. The summed E-state index contributed by atoms with van der Waals surface area (Å²) in [7, 11) is 2.04. The van der Waals surface area contributed by atoms with Crippen LogP contribution < -0.4 is 5.73 Å². The average molecular weight is 203 g/mol. The van der Waals surface area contributed by atoms with E-state index in [9.17, 15) is 0 Å². The summed E-state index contributed by atoms with van der Waals surface area (Å²) < 4.78 is 2.09. The highest BCUT2D eigenvalue weighted by Gasteiger charge is 2.04. The van der Waals surface area contributed by atoms with Crippen LogP contribution in [0.25, 0.3) is 11.0 Å². The third-order valence-corrected chi connectivity index (χ3v) is 2.72. The first kappa shape index (κ1) is 10.2. The van der Waals surface area contributed by atoms with Crippen molar-refractivity contribution < 1.29 is 0 Å². The van der Waals surface area contributed by atoms with Crippen LogP contribution in [-0.2, 0) is 13.5 Å². The van der Waals surface area contributed by atoms with Gasteiger partial charge in [-0.05, 0) is 37.4 Å². The zero-order valence-electron chi connectivity index (χ0n) is 9.11. The maximum absolute atomic E-state index is 5.50. The molecule has 3 heteroatoms. The van der Waals surface area contributed by atoms with E-state index < -0.39 is 0 Å². The number of para-hydroxylation sites is 1. The van der Waals surface area contributed by atoms with Crippen LogP contribution in [-0.4, -0.2) is 16.1 Å². The minimum Gasteiger partial charge on any atom is -0.334 e. The second-order valence-electron chi connectivity index (χ2n) is 3.89. The first-order valence-corrected chi connectivity index (χ1v) is 5.42. The van der Waals surface area contributed by atoms with Gasteiger partial charge in [-0.2, -0.15) is 0 Å². The average Bonchev–Trinajstić information content (AvgIpc) is 2.62. The van der Waals surface area contributed by atoms with Crippen LogP contribution in [0.15, 0.2) is 24.5 Å². The van der Waals surface area contributed by atoms with Crippen LogP contribution in [0.1, 0.15) is 18.4 Å². The van der Waals surface area contributed by atoms with Gasteiger partial charge in [-0.1, -0.05) is 12.1 Å². The molecular weight excluding hydrogens is 186 g/mol. The molecule has 1 heterocycles. The van der Waals surface area contributed by atoms with Gasteiger partial charge in [0.1, 0.15) is 0 Å². The Labute approximate surface area is 89.9 Å². The van der Waals surface area contributed by atoms with Gasteiger partial charge in [0.05, 0.1) is 17.4 Å². The summed E-state index contributed by atoms with van der Waals surface area (Å²) in [5.74, 6) is 0. The van der Waals surface area contributed by atoms with Gasteiger partial charge in [0.2, 0.25) is 0 Å². The van der Waals surface area contributed by atoms with E-state index in [1.54, 1.807) is 0 Å². The molecule has 0 unspecified atom stereocenters. The number of aryl methyl sites for hydroxylation is 2. The summed E-state index contributed by atoms with van der Waals surface area (Å²) in [6, 6.07) is 6.31. The standard InChI is InChI=1S/C12H17N3/c1-15-9-14-11-7-4-6-10(12(11)15)5-2-3-8-13/h4,6-7,9H,2-3,5,8,13H2,1H3. The van der Waals surface area contributed by atoms with Crippen LogP contribution in [0.5, 0.6) is 0 Å². The highest BCUT2D eigenvalue weighted by molar-refractivity contribution is 5.78. The minimum atomic E-state index is 0.779. The SMILES string of the molecule is Cn1cnc2cccc(CCCCN)c21. The Kier molecular flexibility index (Phi) is 3.02. The lowest BCUT2D eigenvalue weighted by atomic mass is 10.1. The Morgan fingerprint density at radius 3 is 3.00 bits per heavy atom. The number of rotatable bonds is 4. The fourth-order valence-corrected chi connectivity index (χ4v) is 1.96. The Hall–Kier alpha value is -1.35. The number of hydrogen-bond acceptors (Lipinski definition) is 2. The van der Waals surface area contributed by atoms with Gasteiger partial charge in [0, 0.05) is 7.05 Å². The lowest BCUT2D eigenvalue weighted by Crippen LogP contribution is -1.99. The van der Waals surface area contributed by atoms with Crippen LogP contribution in [0.2, 0.25) is 0 Å². The highest BCUT2D eigenvalue weighted by Crippen LogP contribution is 2.18. The van der Waals surface area contributed by atoms with E-state index in [0.717, 1.165) is 31.3 Å². The van der Waals surface area contributed by atoms with E-state index in [4.69, 9.17) is 5.73 Å². The van der Waals surface area contributed by atoms with Crippen molar-refractivity contribution >= 4 is 11.0 Å². The second-order valence-corrected chi connectivity index (χ2v) is 3.89. The van der Waals surface area contributed by atoms with Gasteiger partial charge in [-0.25, -0.2) is 4.98 Å². The van der Waals surface area contributed by atoms with E-state index in [1.165, 1.54) is 11.1 Å². The maximum atomic E-state index is 5.50. The lowest BCUT2D eigenvalue weighted by Gasteiger charge is -2.04. The number of benzene rings is 1. The molecule has 2 N–H and O–H groups in total. The summed E-state index contributed by atoms with van der Waals surface area (Å²) in [5, 5.41) is 0. The first-order valence-electron chi connectivity index (χ1n) is 5.42. The quantitative estimate of drug-likeness (QED) is 0.771. The molecule has 1 aromatic carbocycles. The minimum absolute atomic E-state index is 0.779. The molecule has 0 amide bonds. The smallest absolute Gasteiger partial charge is 0.0955 e. The van der Waals surface area contributed by atoms with Crippen molar-refractivity contribution in [3.05, 3.63) is 30.1 Å². The first-order chi connectivity index (χ1) is 7.33. The molecule has 2 aromatic rings. The number of imidazole rings is 1. The van der Waals surface area contributed by atoms with Crippen molar-refractivity contribution in [2.75, 3.05) is 6.54 Å². The molecule has 0 aliphatic rings. The number of hydrogen-bond donors (Lipinski definition) is 1. The molecule has 0 bridgehead atoms. The Morgan fingerprint density at radius 1 is 1.33 bits per heavy atom. The van der Waals surface area contributed by atoms with E-state index in [-0.39, 0.29) is 0 Å². The van der Waals surface area contributed by atoms with Crippen LogP contribution >= 0.6 is 0 Å². The molecule has 0 aliphatic heterocycles. The van der Waals surface area contributed by atoms with Gasteiger partial charge in [-0.15, -0.1) is 0 Å². The van der Waals surface area contributed by atoms with Crippen LogP contribution in [0.4, 0.5) is 0 Å². The summed E-state index contributed by atoms with van der Waals surface area (Å²) in [4.78, 5) is 4.35. The monoisotopic (exact) mass is 203 g/mol. The number of nitrogens with two attached hydrogens (primary N) is 1. The molecular formula is C12H17N3. The van der Waals surface area contributed by atoms with Crippen molar-refractivity contribution in [2.45, 2.75) is 19.3 Å². The zero-order valence-corrected chi connectivity index (χ0v) is 9.11. The van der Waals surface area contributed by atoms with E-state index >= 15 is 0 Å². The van der Waals surface area contributed by atoms with Crippen molar-refractivity contribution in [3.8, 4) is 0 Å². The Balaban J connectivity index is 2.29. The van der Waals surface area contributed by atoms with Crippen molar-refractivity contribution in [2.24, 2.45) is 12.8 Å². The van der Waals surface area contributed by atoms with Crippen LogP contribution in [0, 0.1) is 0 Å². The molecule has 3 nitrogen and oxygen atoms in total. The van der Waals surface area contributed by atoms with E-state index in [2.05, 4.69) is 27.8 Å². The number of aromatic nitrogens is 2. The molecule has 0 aliphatic carbocycles. The molecule has 80 valence electrons. The van der Waals surface area contributed by atoms with Crippen molar-refractivity contribution in [1.29, 1.82) is 0 Å². The third-order valence-electron chi connectivity index (χ3n) is 2.72. The molecule has 0 spiro atoms. The molecule has 0 fully saturated rings. The second kappa shape index (κ2) is 4.45. The molecule has 0 saturated carbocycles. The summed E-state index contributed by atoms with van der Waals surface area (Å²) in [5.41, 5.74) is 9.22. The van der Waals surface area contributed by atoms with Crippen molar-refractivity contribution in [3.63, 3.8) is 0 Å². The maximum Gasteiger partial charge on any atom is 0.0955 e. The number of unbranched alkanes of at least 4 members (excludes halogenated alkanes) is 1. The number of nitrogens with zero attached hydrogens (tertiary/aromatic N) is 2. The Bertz CT molecular complexity index is 445. The van der Waals surface area contributed by atoms with Gasteiger partial charge < -0.3 is 10.3 Å². The van der Waals surface area contributed by atoms with Crippen LogP contribution in [0.3, 0.4) is 0 Å². The van der Waals surface area contributed by atoms with Crippen molar-refractivity contribution in [1.82, 2.24) is 9.55 Å². The molecule has 0 atom stereocenters. The largest absolute Gasteiger partial charge is 0.334 e. The molecule has 0 radical (unpaired) electrons. The van der Waals surface area contributed by atoms with Gasteiger partial charge >= 0.3 is 0 Å². The molecule has 2 rings (SSSR count). The molecule has 15 heavy (non-hydrogen) atoms.